The molecule has 36 heavy (non-hydrogen) atoms. The molecule has 8 heteroatoms. The lowest BCUT2D eigenvalue weighted by atomic mass is 9.75. The molecular formula is C28H27FN2O4S. The summed E-state index contributed by atoms with van der Waals surface area (Å²) in [6.45, 7) is 0.312. The van der Waals surface area contributed by atoms with Crippen LogP contribution in [0.3, 0.4) is 0 Å². The number of thiocarbonyl (C=S) groups is 1. The van der Waals surface area contributed by atoms with Gasteiger partial charge in [-0.25, -0.2) is 9.18 Å². The Kier molecular flexibility index (Phi) is 6.75. The molecule has 3 aromatic carbocycles. The highest BCUT2D eigenvalue weighted by Gasteiger charge is 2.46. The topological polar surface area (TPSA) is 82.0 Å². The van der Waals surface area contributed by atoms with E-state index in [0.29, 0.717) is 13.0 Å². The average Bonchev–Trinajstić information content (AvgIpc) is 3.21. The van der Waals surface area contributed by atoms with E-state index in [1.807, 2.05) is 48.5 Å². The molecule has 2 atom stereocenters. The lowest BCUT2D eigenvalue weighted by Gasteiger charge is -2.45. The van der Waals surface area contributed by atoms with Gasteiger partial charge in [-0.3, -0.25) is 4.90 Å². The number of nitrogens with zero attached hydrogens (tertiary/aromatic N) is 1. The van der Waals surface area contributed by atoms with Gasteiger partial charge in [-0.2, -0.15) is 0 Å². The molecule has 2 aliphatic rings. The second-order valence-electron chi connectivity index (χ2n) is 9.22. The Morgan fingerprint density at radius 2 is 1.67 bits per heavy atom. The molecule has 1 heterocycles. The van der Waals surface area contributed by atoms with Crippen LogP contribution >= 0.6 is 12.2 Å². The molecule has 1 aliphatic carbocycles. The van der Waals surface area contributed by atoms with Crippen molar-refractivity contribution in [3.05, 3.63) is 95.3 Å². The summed E-state index contributed by atoms with van der Waals surface area (Å²) in [5.74, 6) is -1.11. The normalized spacial score (nSPS) is 20.9. The molecule has 3 aromatic rings. The van der Waals surface area contributed by atoms with E-state index in [-0.39, 0.29) is 36.4 Å². The standard InChI is InChI=1S/C28H27FN2O4S/c29-25-12-6-5-11-24(25)28(17-35-14-13-18(28)16-32)30-26(36)31(27(33)34)15-23-21-9-3-1-7-19(21)20-8-2-4-10-22(20)23/h1-12,18,23,32H,13-17H2,(H,30,36)(H,33,34)/t18-,28+/m1/s1. The highest BCUT2D eigenvalue weighted by Crippen LogP contribution is 2.45. The van der Waals surface area contributed by atoms with Crippen molar-refractivity contribution in [2.24, 2.45) is 5.92 Å². The van der Waals surface area contributed by atoms with Crippen LogP contribution in [0.25, 0.3) is 11.1 Å². The Labute approximate surface area is 214 Å². The van der Waals surface area contributed by atoms with Crippen LogP contribution in [0, 0.1) is 11.7 Å². The molecule has 6 nitrogen and oxygen atoms in total. The fraction of sp³-hybridized carbons (Fsp3) is 0.286. The second kappa shape index (κ2) is 9.97. The van der Waals surface area contributed by atoms with Crippen molar-refractivity contribution in [1.29, 1.82) is 0 Å². The zero-order chi connectivity index (χ0) is 25.3. The predicted octanol–water partition coefficient (Wildman–Crippen LogP) is 4.72. The zero-order valence-corrected chi connectivity index (χ0v) is 20.4. The van der Waals surface area contributed by atoms with E-state index >= 15 is 4.39 Å². The highest BCUT2D eigenvalue weighted by molar-refractivity contribution is 7.80. The Balaban J connectivity index is 1.50. The summed E-state index contributed by atoms with van der Waals surface area (Å²) < 4.78 is 20.8. The number of ether oxygens (including phenoxy) is 1. The Morgan fingerprint density at radius 1 is 1.06 bits per heavy atom. The number of fused-ring (bicyclic) bond motifs is 3. The van der Waals surface area contributed by atoms with E-state index in [2.05, 4.69) is 5.32 Å². The minimum absolute atomic E-state index is 0.0435. The first-order valence-corrected chi connectivity index (χ1v) is 12.3. The van der Waals surface area contributed by atoms with Crippen LogP contribution in [-0.4, -0.2) is 52.7 Å². The minimum Gasteiger partial charge on any atom is -0.465 e. The number of hydrogen-bond donors (Lipinski definition) is 3. The summed E-state index contributed by atoms with van der Waals surface area (Å²) in [7, 11) is 0. The molecule has 1 saturated heterocycles. The summed E-state index contributed by atoms with van der Waals surface area (Å²) in [6, 6.07) is 22.2. The maximum Gasteiger partial charge on any atom is 0.413 e. The largest absolute Gasteiger partial charge is 0.465 e. The quantitative estimate of drug-likeness (QED) is 0.435. The van der Waals surface area contributed by atoms with Gasteiger partial charge >= 0.3 is 6.09 Å². The molecular weight excluding hydrogens is 479 g/mol. The van der Waals surface area contributed by atoms with Gasteiger partial charge < -0.3 is 20.3 Å². The van der Waals surface area contributed by atoms with Crippen molar-refractivity contribution in [1.82, 2.24) is 10.2 Å². The van der Waals surface area contributed by atoms with Gasteiger partial charge in [0.25, 0.3) is 0 Å². The molecule has 1 fully saturated rings. The number of carbonyl (C=O) groups is 1. The van der Waals surface area contributed by atoms with Crippen LogP contribution in [0.4, 0.5) is 9.18 Å². The first kappa shape index (κ1) is 24.4. The van der Waals surface area contributed by atoms with Crippen molar-refractivity contribution in [2.45, 2.75) is 17.9 Å². The summed E-state index contributed by atoms with van der Waals surface area (Å²) in [4.78, 5) is 13.6. The van der Waals surface area contributed by atoms with Crippen LogP contribution in [0.2, 0.25) is 0 Å². The van der Waals surface area contributed by atoms with E-state index < -0.39 is 23.4 Å². The summed E-state index contributed by atoms with van der Waals surface area (Å²) >= 11 is 5.65. The summed E-state index contributed by atoms with van der Waals surface area (Å²) in [5, 5.41) is 23.5. The van der Waals surface area contributed by atoms with E-state index in [0.717, 1.165) is 27.2 Å². The number of hydrogen-bond acceptors (Lipinski definition) is 4. The van der Waals surface area contributed by atoms with Gasteiger partial charge in [0, 0.05) is 37.2 Å². The number of halogens is 1. The van der Waals surface area contributed by atoms with Gasteiger partial charge in [0.2, 0.25) is 0 Å². The monoisotopic (exact) mass is 506 g/mol. The molecule has 3 N–H and O–H groups in total. The van der Waals surface area contributed by atoms with E-state index in [1.165, 1.54) is 6.07 Å². The predicted molar refractivity (Wildman–Crippen MR) is 138 cm³/mol. The summed E-state index contributed by atoms with van der Waals surface area (Å²) in [5.41, 5.74) is 3.29. The Hall–Kier alpha value is -3.33. The van der Waals surface area contributed by atoms with Crippen molar-refractivity contribution in [2.75, 3.05) is 26.4 Å². The van der Waals surface area contributed by atoms with Crippen LogP contribution in [-0.2, 0) is 10.3 Å². The lowest BCUT2D eigenvalue weighted by molar-refractivity contribution is -0.0349. The lowest BCUT2D eigenvalue weighted by Crippen LogP contribution is -2.61. The molecule has 186 valence electrons. The maximum atomic E-state index is 15.0. The Bertz CT molecular complexity index is 1260. The first-order valence-electron chi connectivity index (χ1n) is 11.9. The molecule has 1 amide bonds. The van der Waals surface area contributed by atoms with Gasteiger partial charge in [-0.15, -0.1) is 0 Å². The molecule has 0 spiro atoms. The zero-order valence-electron chi connectivity index (χ0n) is 19.6. The maximum absolute atomic E-state index is 15.0. The van der Waals surface area contributed by atoms with Crippen LogP contribution in [0.1, 0.15) is 29.0 Å². The number of amides is 1. The van der Waals surface area contributed by atoms with E-state index in [9.17, 15) is 15.0 Å². The van der Waals surface area contributed by atoms with Crippen molar-refractivity contribution < 1.29 is 24.1 Å². The molecule has 0 bridgehead atoms. The number of carboxylic acid groups (broad SMARTS) is 1. The van der Waals surface area contributed by atoms with Crippen molar-refractivity contribution in [3.8, 4) is 11.1 Å². The number of nitrogens with one attached hydrogen (secondary N) is 1. The summed E-state index contributed by atoms with van der Waals surface area (Å²) in [6.07, 6.45) is -0.744. The second-order valence-corrected chi connectivity index (χ2v) is 9.61. The molecule has 0 unspecified atom stereocenters. The van der Waals surface area contributed by atoms with Gasteiger partial charge in [0.15, 0.2) is 5.11 Å². The molecule has 1 aliphatic heterocycles. The SMILES string of the molecule is O=C(O)N(CC1c2ccccc2-c2ccccc21)C(=S)N[C@@]1(c2ccccc2F)COCC[C@@H]1CO. The molecule has 0 saturated carbocycles. The smallest absolute Gasteiger partial charge is 0.413 e. The number of benzene rings is 3. The van der Waals surface area contributed by atoms with Gasteiger partial charge in [0.1, 0.15) is 5.82 Å². The molecule has 5 rings (SSSR count). The van der Waals surface area contributed by atoms with E-state index in [1.54, 1.807) is 18.2 Å². The van der Waals surface area contributed by atoms with Gasteiger partial charge in [-0.05, 0) is 47.0 Å². The average molecular weight is 507 g/mol. The highest BCUT2D eigenvalue weighted by atomic mass is 32.1. The van der Waals surface area contributed by atoms with Crippen LogP contribution in [0.15, 0.2) is 72.8 Å². The fourth-order valence-corrected chi connectivity index (χ4v) is 5.88. The van der Waals surface area contributed by atoms with Crippen molar-refractivity contribution in [3.63, 3.8) is 0 Å². The number of aliphatic hydroxyl groups is 1. The molecule has 0 radical (unpaired) electrons. The first-order chi connectivity index (χ1) is 17.5. The Morgan fingerprint density at radius 3 is 2.28 bits per heavy atom. The van der Waals surface area contributed by atoms with E-state index in [4.69, 9.17) is 17.0 Å². The van der Waals surface area contributed by atoms with Gasteiger partial charge in [-0.1, -0.05) is 66.7 Å². The minimum atomic E-state index is -1.21. The number of aliphatic hydroxyl groups excluding tert-OH is 1. The van der Waals surface area contributed by atoms with Crippen molar-refractivity contribution >= 4 is 23.4 Å². The third-order valence-electron chi connectivity index (χ3n) is 7.35. The van der Waals surface area contributed by atoms with Crippen LogP contribution < -0.4 is 5.32 Å². The van der Waals surface area contributed by atoms with Gasteiger partial charge in [0.05, 0.1) is 12.1 Å². The third kappa shape index (κ3) is 4.15. The third-order valence-corrected chi connectivity index (χ3v) is 7.67. The fourth-order valence-electron chi connectivity index (χ4n) is 5.54. The number of rotatable bonds is 5. The molecule has 0 aromatic heterocycles. The van der Waals surface area contributed by atoms with Crippen LogP contribution in [0.5, 0.6) is 0 Å².